The number of carbonyl (C=O) groups is 1. The lowest BCUT2D eigenvalue weighted by atomic mass is 10.1. The third-order valence-electron chi connectivity index (χ3n) is 3.99. The van der Waals surface area contributed by atoms with E-state index in [-0.39, 0.29) is 12.5 Å². The average Bonchev–Trinajstić information content (AvgIpc) is 2.63. The largest absolute Gasteiger partial charge is 0.483 e. The summed E-state index contributed by atoms with van der Waals surface area (Å²) in [7, 11) is 0. The summed E-state index contributed by atoms with van der Waals surface area (Å²) < 4.78 is 5.78. The van der Waals surface area contributed by atoms with Gasteiger partial charge in [-0.05, 0) is 37.1 Å². The third-order valence-corrected chi connectivity index (χ3v) is 3.99. The Bertz CT molecular complexity index is 872. The number of hydrogen-bond donors (Lipinski definition) is 1. The molecule has 3 heteroatoms. The van der Waals surface area contributed by atoms with Gasteiger partial charge in [-0.25, -0.2) is 0 Å². The standard InChI is InChI=1S/C22H21NO2/c1-16-12-13-20(17(2)14-16)23-22(24)15-25-21-11-7-6-10-19(21)18-8-4-3-5-9-18/h3-14H,15H2,1-2H3,(H,23,24). The first kappa shape index (κ1) is 16.8. The average molecular weight is 331 g/mol. The Morgan fingerprint density at radius 2 is 1.64 bits per heavy atom. The van der Waals surface area contributed by atoms with Crippen molar-refractivity contribution in [1.29, 1.82) is 0 Å². The second-order valence-electron chi connectivity index (χ2n) is 6.02. The third kappa shape index (κ3) is 4.27. The molecule has 25 heavy (non-hydrogen) atoms. The highest BCUT2D eigenvalue weighted by Crippen LogP contribution is 2.29. The summed E-state index contributed by atoms with van der Waals surface area (Å²) in [5.74, 6) is 0.527. The van der Waals surface area contributed by atoms with Gasteiger partial charge in [0.05, 0.1) is 0 Å². The van der Waals surface area contributed by atoms with Gasteiger partial charge < -0.3 is 10.1 Å². The van der Waals surface area contributed by atoms with E-state index >= 15 is 0 Å². The quantitative estimate of drug-likeness (QED) is 0.715. The molecule has 3 rings (SSSR count). The molecule has 0 aliphatic rings. The van der Waals surface area contributed by atoms with Crippen LogP contribution in [0.4, 0.5) is 5.69 Å². The molecular formula is C22H21NO2. The van der Waals surface area contributed by atoms with Crippen LogP contribution in [0.5, 0.6) is 5.75 Å². The molecule has 0 saturated heterocycles. The lowest BCUT2D eigenvalue weighted by molar-refractivity contribution is -0.118. The minimum Gasteiger partial charge on any atom is -0.483 e. The molecule has 0 heterocycles. The number of anilines is 1. The first-order valence-electron chi connectivity index (χ1n) is 8.28. The Hall–Kier alpha value is -3.07. The lowest BCUT2D eigenvalue weighted by Gasteiger charge is -2.13. The molecule has 0 aliphatic carbocycles. The molecule has 0 fully saturated rings. The van der Waals surface area contributed by atoms with Crippen LogP contribution in [-0.2, 0) is 4.79 Å². The first-order chi connectivity index (χ1) is 12.1. The van der Waals surface area contributed by atoms with E-state index in [0.29, 0.717) is 5.75 Å². The molecule has 1 N–H and O–H groups in total. The summed E-state index contributed by atoms with van der Waals surface area (Å²) in [4.78, 5) is 12.2. The number of rotatable bonds is 5. The van der Waals surface area contributed by atoms with E-state index in [2.05, 4.69) is 5.32 Å². The fraction of sp³-hybridized carbons (Fsp3) is 0.136. The molecule has 0 spiro atoms. The Balaban J connectivity index is 1.69. The fourth-order valence-electron chi connectivity index (χ4n) is 2.73. The first-order valence-corrected chi connectivity index (χ1v) is 8.28. The molecule has 0 unspecified atom stereocenters. The summed E-state index contributed by atoms with van der Waals surface area (Å²) in [6.45, 7) is 3.98. The van der Waals surface area contributed by atoms with Crippen LogP contribution in [-0.4, -0.2) is 12.5 Å². The van der Waals surface area contributed by atoms with Gasteiger partial charge in [0.15, 0.2) is 6.61 Å². The molecule has 126 valence electrons. The Morgan fingerprint density at radius 1 is 0.920 bits per heavy atom. The highest BCUT2D eigenvalue weighted by Gasteiger charge is 2.09. The van der Waals surface area contributed by atoms with Gasteiger partial charge in [0.25, 0.3) is 5.91 Å². The zero-order valence-electron chi connectivity index (χ0n) is 14.5. The van der Waals surface area contributed by atoms with Crippen molar-refractivity contribution < 1.29 is 9.53 Å². The Morgan fingerprint density at radius 3 is 2.40 bits per heavy atom. The van der Waals surface area contributed by atoms with Crippen molar-refractivity contribution in [3.63, 3.8) is 0 Å². The van der Waals surface area contributed by atoms with Crippen LogP contribution >= 0.6 is 0 Å². The highest BCUT2D eigenvalue weighted by atomic mass is 16.5. The van der Waals surface area contributed by atoms with Crippen LogP contribution in [0, 0.1) is 13.8 Å². The van der Waals surface area contributed by atoms with Crippen molar-refractivity contribution in [2.24, 2.45) is 0 Å². The number of carbonyl (C=O) groups excluding carboxylic acids is 1. The van der Waals surface area contributed by atoms with Gasteiger partial charge in [-0.3, -0.25) is 4.79 Å². The number of amides is 1. The van der Waals surface area contributed by atoms with Gasteiger partial charge >= 0.3 is 0 Å². The van der Waals surface area contributed by atoms with Crippen LogP contribution < -0.4 is 10.1 Å². The molecule has 3 aromatic rings. The van der Waals surface area contributed by atoms with Crippen molar-refractivity contribution in [1.82, 2.24) is 0 Å². The van der Waals surface area contributed by atoms with Crippen molar-refractivity contribution in [2.45, 2.75) is 13.8 Å². The van der Waals surface area contributed by atoms with E-state index in [0.717, 1.165) is 22.4 Å². The van der Waals surface area contributed by atoms with Gasteiger partial charge in [0.2, 0.25) is 0 Å². The number of ether oxygens (including phenoxy) is 1. The maximum absolute atomic E-state index is 12.2. The Kier molecular flexibility index (Phi) is 5.14. The molecule has 0 saturated carbocycles. The number of hydrogen-bond acceptors (Lipinski definition) is 2. The minimum absolute atomic E-state index is 0.0306. The molecule has 0 aliphatic heterocycles. The summed E-state index contributed by atoms with van der Waals surface area (Å²) in [6, 6.07) is 23.7. The van der Waals surface area contributed by atoms with Crippen molar-refractivity contribution >= 4 is 11.6 Å². The topological polar surface area (TPSA) is 38.3 Å². The number of para-hydroxylation sites is 1. The predicted octanol–water partition coefficient (Wildman–Crippen LogP) is 4.99. The molecular weight excluding hydrogens is 310 g/mol. The molecule has 0 radical (unpaired) electrons. The normalized spacial score (nSPS) is 10.3. The maximum Gasteiger partial charge on any atom is 0.262 e. The van der Waals surface area contributed by atoms with E-state index < -0.39 is 0 Å². The van der Waals surface area contributed by atoms with E-state index in [1.54, 1.807) is 0 Å². The van der Waals surface area contributed by atoms with E-state index in [1.165, 1.54) is 5.56 Å². The second-order valence-corrected chi connectivity index (χ2v) is 6.02. The molecule has 0 atom stereocenters. The van der Waals surface area contributed by atoms with Crippen LogP contribution in [0.15, 0.2) is 72.8 Å². The second kappa shape index (κ2) is 7.67. The van der Waals surface area contributed by atoms with Crippen molar-refractivity contribution in [3.8, 4) is 16.9 Å². The molecule has 1 amide bonds. The van der Waals surface area contributed by atoms with Gasteiger partial charge in [-0.15, -0.1) is 0 Å². The molecule has 0 aromatic heterocycles. The van der Waals surface area contributed by atoms with Crippen molar-refractivity contribution in [2.75, 3.05) is 11.9 Å². The number of nitrogens with one attached hydrogen (secondary N) is 1. The fourth-order valence-corrected chi connectivity index (χ4v) is 2.73. The van der Waals surface area contributed by atoms with Crippen LogP contribution in [0.1, 0.15) is 11.1 Å². The predicted molar refractivity (Wildman–Crippen MR) is 102 cm³/mol. The van der Waals surface area contributed by atoms with Gasteiger partial charge in [-0.1, -0.05) is 66.2 Å². The highest BCUT2D eigenvalue weighted by molar-refractivity contribution is 5.92. The summed E-state index contributed by atoms with van der Waals surface area (Å²) in [5, 5.41) is 2.90. The maximum atomic E-state index is 12.2. The monoisotopic (exact) mass is 331 g/mol. The van der Waals surface area contributed by atoms with E-state index in [4.69, 9.17) is 4.74 Å². The van der Waals surface area contributed by atoms with Crippen LogP contribution in [0.3, 0.4) is 0 Å². The molecule has 3 aromatic carbocycles. The van der Waals surface area contributed by atoms with E-state index in [1.807, 2.05) is 86.6 Å². The summed E-state index contributed by atoms with van der Waals surface area (Å²) >= 11 is 0. The zero-order chi connectivity index (χ0) is 17.6. The lowest BCUT2D eigenvalue weighted by Crippen LogP contribution is -2.20. The van der Waals surface area contributed by atoms with Gasteiger partial charge in [0.1, 0.15) is 5.75 Å². The van der Waals surface area contributed by atoms with Crippen LogP contribution in [0.2, 0.25) is 0 Å². The van der Waals surface area contributed by atoms with Crippen LogP contribution in [0.25, 0.3) is 11.1 Å². The zero-order valence-corrected chi connectivity index (χ0v) is 14.5. The molecule has 0 bridgehead atoms. The van der Waals surface area contributed by atoms with Crippen molar-refractivity contribution in [3.05, 3.63) is 83.9 Å². The Labute approximate surface area is 148 Å². The van der Waals surface area contributed by atoms with E-state index in [9.17, 15) is 4.79 Å². The van der Waals surface area contributed by atoms with Gasteiger partial charge in [0, 0.05) is 11.3 Å². The number of aryl methyl sites for hydroxylation is 2. The summed E-state index contributed by atoms with van der Waals surface area (Å²) in [6.07, 6.45) is 0. The smallest absolute Gasteiger partial charge is 0.262 e. The number of benzene rings is 3. The summed E-state index contributed by atoms with van der Waals surface area (Å²) in [5.41, 5.74) is 5.06. The minimum atomic E-state index is -0.171. The van der Waals surface area contributed by atoms with Gasteiger partial charge in [-0.2, -0.15) is 0 Å². The SMILES string of the molecule is Cc1ccc(NC(=O)COc2ccccc2-c2ccccc2)c(C)c1. The molecule has 3 nitrogen and oxygen atoms in total.